The lowest BCUT2D eigenvalue weighted by Crippen LogP contribution is -2.28. The van der Waals surface area contributed by atoms with Crippen LogP contribution in [0.3, 0.4) is 0 Å². The van der Waals surface area contributed by atoms with Gasteiger partial charge in [-0.05, 0) is 96.7 Å². The molecule has 1 amide bonds. The maximum Gasteiger partial charge on any atom is 0.416 e. The molecule has 0 radical (unpaired) electrons. The van der Waals surface area contributed by atoms with Crippen LogP contribution in [0.2, 0.25) is 0 Å². The number of aromatic nitrogens is 4. The molecule has 2 aromatic heterocycles. The normalized spacial score (nSPS) is 15.7. The number of hydrogen-bond donors (Lipinski definition) is 2. The number of nitrogens with zero attached hydrogens (tertiary/aromatic N) is 4. The standard InChI is InChI=1S/C34H31F3N6O/c1-2-30(22-4-3-5-25(15-22)34(35,36)37)41-32(44)23-8-12-28(20-6-7-20)29(16-23)21-9-13-31-24(14-21)17-38-33(42-31)40-26-18-39-43(19-26)27-10-11-27/h3-5,8-9,12-20,27,30H,2,6-7,10-11H2,1H3,(H,41,44)(H,38,40,42). The van der Waals surface area contributed by atoms with Crippen LogP contribution >= 0.6 is 0 Å². The maximum atomic E-state index is 13.4. The number of anilines is 2. The van der Waals surface area contributed by atoms with Crippen LogP contribution in [0.15, 0.2) is 79.3 Å². The molecule has 2 fully saturated rings. The van der Waals surface area contributed by atoms with Crippen LogP contribution in [-0.2, 0) is 6.18 Å². The summed E-state index contributed by atoms with van der Waals surface area (Å²) in [5, 5.41) is 11.5. The summed E-state index contributed by atoms with van der Waals surface area (Å²) in [4.78, 5) is 22.6. The third-order valence-electron chi connectivity index (χ3n) is 8.33. The van der Waals surface area contributed by atoms with E-state index in [1.807, 2.05) is 48.1 Å². The highest BCUT2D eigenvalue weighted by Crippen LogP contribution is 2.45. The lowest BCUT2D eigenvalue weighted by atomic mass is 9.93. The zero-order valence-corrected chi connectivity index (χ0v) is 24.1. The van der Waals surface area contributed by atoms with Gasteiger partial charge < -0.3 is 10.6 Å². The number of rotatable bonds is 9. The van der Waals surface area contributed by atoms with Gasteiger partial charge in [-0.25, -0.2) is 9.97 Å². The number of hydrogen-bond acceptors (Lipinski definition) is 5. The predicted octanol–water partition coefficient (Wildman–Crippen LogP) is 8.35. The predicted molar refractivity (Wildman–Crippen MR) is 163 cm³/mol. The van der Waals surface area contributed by atoms with Gasteiger partial charge in [0.2, 0.25) is 5.95 Å². The summed E-state index contributed by atoms with van der Waals surface area (Å²) >= 11 is 0. The van der Waals surface area contributed by atoms with E-state index < -0.39 is 17.8 Å². The zero-order chi connectivity index (χ0) is 30.4. The largest absolute Gasteiger partial charge is 0.416 e. The molecule has 2 saturated carbocycles. The first-order valence-electron chi connectivity index (χ1n) is 15.0. The molecule has 0 spiro atoms. The molecular formula is C34H31F3N6O. The number of carbonyl (C=O) groups is 1. The van der Waals surface area contributed by atoms with Crippen molar-refractivity contribution in [1.29, 1.82) is 0 Å². The monoisotopic (exact) mass is 596 g/mol. The molecule has 44 heavy (non-hydrogen) atoms. The molecule has 3 aromatic carbocycles. The fourth-order valence-corrected chi connectivity index (χ4v) is 5.62. The molecule has 2 aliphatic carbocycles. The fraction of sp³-hybridized carbons (Fsp3) is 0.294. The summed E-state index contributed by atoms with van der Waals surface area (Å²) in [7, 11) is 0. The molecule has 2 aliphatic rings. The number of halogens is 3. The summed E-state index contributed by atoms with van der Waals surface area (Å²) in [5.41, 5.74) is 4.87. The van der Waals surface area contributed by atoms with E-state index in [4.69, 9.17) is 0 Å². The Morgan fingerprint density at radius 3 is 2.61 bits per heavy atom. The first-order chi connectivity index (χ1) is 21.2. The SMILES string of the molecule is CCC(NC(=O)c1ccc(C2CC2)c(-c2ccc3nc(Nc4cnn(C5CC5)c4)ncc3c2)c1)c1cccc(C(F)(F)F)c1. The first kappa shape index (κ1) is 28.1. The molecule has 0 bridgehead atoms. The molecule has 0 aliphatic heterocycles. The second-order valence-corrected chi connectivity index (χ2v) is 11.7. The molecule has 10 heteroatoms. The molecule has 1 atom stereocenters. The molecule has 1 unspecified atom stereocenters. The molecule has 2 heterocycles. The number of alkyl halides is 3. The Balaban J connectivity index is 1.14. The highest BCUT2D eigenvalue weighted by Gasteiger charge is 2.31. The molecule has 0 saturated heterocycles. The highest BCUT2D eigenvalue weighted by molar-refractivity contribution is 5.96. The van der Waals surface area contributed by atoms with Crippen LogP contribution in [0.4, 0.5) is 24.8 Å². The topological polar surface area (TPSA) is 84.7 Å². The van der Waals surface area contributed by atoms with Gasteiger partial charge in [0.1, 0.15) is 0 Å². The van der Waals surface area contributed by atoms with E-state index in [2.05, 4.69) is 25.7 Å². The van der Waals surface area contributed by atoms with Crippen LogP contribution in [0.25, 0.3) is 22.0 Å². The summed E-state index contributed by atoms with van der Waals surface area (Å²) in [5.74, 6) is 0.595. The third kappa shape index (κ3) is 5.89. The molecular weight excluding hydrogens is 565 g/mol. The van der Waals surface area contributed by atoms with Gasteiger partial charge in [0.05, 0.1) is 35.0 Å². The van der Waals surface area contributed by atoms with Crippen molar-refractivity contribution in [2.45, 2.75) is 63.2 Å². The maximum absolute atomic E-state index is 13.4. The second kappa shape index (κ2) is 11.1. The quantitative estimate of drug-likeness (QED) is 0.179. The van der Waals surface area contributed by atoms with E-state index in [1.165, 1.54) is 11.6 Å². The number of fused-ring (bicyclic) bond motifs is 1. The van der Waals surface area contributed by atoms with Crippen molar-refractivity contribution < 1.29 is 18.0 Å². The van der Waals surface area contributed by atoms with Crippen molar-refractivity contribution in [2.75, 3.05) is 5.32 Å². The zero-order valence-electron chi connectivity index (χ0n) is 24.1. The molecule has 2 N–H and O–H groups in total. The summed E-state index contributed by atoms with van der Waals surface area (Å²) in [6.07, 6.45) is 6.03. The van der Waals surface area contributed by atoms with Crippen LogP contribution in [-0.4, -0.2) is 25.7 Å². The number of benzene rings is 3. The van der Waals surface area contributed by atoms with Gasteiger partial charge in [-0.1, -0.05) is 31.2 Å². The van der Waals surface area contributed by atoms with Gasteiger partial charge in [0, 0.05) is 23.3 Å². The van der Waals surface area contributed by atoms with E-state index >= 15 is 0 Å². The Kier molecular flexibility index (Phi) is 7.07. The van der Waals surface area contributed by atoms with Crippen LogP contribution in [0.5, 0.6) is 0 Å². The number of carbonyl (C=O) groups excluding carboxylic acids is 1. The lowest BCUT2D eigenvalue weighted by molar-refractivity contribution is -0.137. The highest BCUT2D eigenvalue weighted by atomic mass is 19.4. The number of nitrogens with one attached hydrogen (secondary N) is 2. The minimum Gasteiger partial charge on any atom is -0.345 e. The minimum absolute atomic E-state index is 0.331. The van der Waals surface area contributed by atoms with E-state index in [9.17, 15) is 18.0 Å². The van der Waals surface area contributed by atoms with E-state index in [1.54, 1.807) is 24.5 Å². The Morgan fingerprint density at radius 1 is 1.02 bits per heavy atom. The van der Waals surface area contributed by atoms with Crippen molar-refractivity contribution in [1.82, 2.24) is 25.1 Å². The van der Waals surface area contributed by atoms with Crippen molar-refractivity contribution >= 4 is 28.4 Å². The van der Waals surface area contributed by atoms with E-state index in [-0.39, 0.29) is 5.91 Å². The fourth-order valence-electron chi connectivity index (χ4n) is 5.62. The molecule has 7 nitrogen and oxygen atoms in total. The van der Waals surface area contributed by atoms with E-state index in [0.29, 0.717) is 35.5 Å². The second-order valence-electron chi connectivity index (χ2n) is 11.7. The smallest absolute Gasteiger partial charge is 0.345 e. The van der Waals surface area contributed by atoms with Crippen molar-refractivity contribution in [2.24, 2.45) is 0 Å². The van der Waals surface area contributed by atoms with Crippen molar-refractivity contribution in [3.8, 4) is 11.1 Å². The third-order valence-corrected chi connectivity index (χ3v) is 8.33. The molecule has 5 aromatic rings. The Bertz CT molecular complexity index is 1860. The van der Waals surface area contributed by atoms with Crippen molar-refractivity contribution in [3.63, 3.8) is 0 Å². The average Bonchev–Trinajstić information content (AvgIpc) is 3.97. The van der Waals surface area contributed by atoms with Gasteiger partial charge >= 0.3 is 6.18 Å². The van der Waals surface area contributed by atoms with Gasteiger partial charge in [0.25, 0.3) is 5.91 Å². The van der Waals surface area contributed by atoms with Crippen LogP contribution < -0.4 is 10.6 Å². The summed E-state index contributed by atoms with van der Waals surface area (Å²) < 4.78 is 41.9. The van der Waals surface area contributed by atoms with Gasteiger partial charge in [-0.3, -0.25) is 9.48 Å². The first-order valence-corrected chi connectivity index (χ1v) is 15.0. The van der Waals surface area contributed by atoms with Gasteiger partial charge in [-0.15, -0.1) is 0 Å². The van der Waals surface area contributed by atoms with Crippen LogP contribution in [0, 0.1) is 0 Å². The summed E-state index contributed by atoms with van der Waals surface area (Å²) in [6.45, 7) is 1.84. The Hall–Kier alpha value is -4.73. The van der Waals surface area contributed by atoms with Crippen molar-refractivity contribution in [3.05, 3.63) is 102 Å². The van der Waals surface area contributed by atoms with Gasteiger partial charge in [-0.2, -0.15) is 18.3 Å². The van der Waals surface area contributed by atoms with Crippen LogP contribution in [0.1, 0.15) is 84.1 Å². The minimum atomic E-state index is -4.45. The Morgan fingerprint density at radius 2 is 1.86 bits per heavy atom. The molecule has 7 rings (SSSR count). The summed E-state index contributed by atoms with van der Waals surface area (Å²) in [6, 6.07) is 16.8. The number of amides is 1. The molecule has 224 valence electrons. The lowest BCUT2D eigenvalue weighted by Gasteiger charge is -2.20. The average molecular weight is 597 g/mol. The Labute approximate surface area is 252 Å². The van der Waals surface area contributed by atoms with E-state index in [0.717, 1.165) is 65.5 Å². The van der Waals surface area contributed by atoms with Gasteiger partial charge in [0.15, 0.2) is 0 Å².